The van der Waals surface area contributed by atoms with E-state index in [1.807, 2.05) is 61.5 Å². The first-order chi connectivity index (χ1) is 20.7. The van der Waals surface area contributed by atoms with Crippen molar-refractivity contribution in [3.63, 3.8) is 0 Å². The van der Waals surface area contributed by atoms with Crippen LogP contribution in [0.4, 0.5) is 0 Å². The first kappa shape index (κ1) is 29.9. The van der Waals surface area contributed by atoms with Gasteiger partial charge < -0.3 is 15.5 Å². The van der Waals surface area contributed by atoms with Gasteiger partial charge in [0.25, 0.3) is 17.4 Å². The topological polar surface area (TPSA) is 102 Å². The van der Waals surface area contributed by atoms with Gasteiger partial charge in [0.15, 0.2) is 6.04 Å². The van der Waals surface area contributed by atoms with E-state index in [1.54, 1.807) is 44.4 Å². The molecule has 0 aliphatic carbocycles. The van der Waals surface area contributed by atoms with Crippen LogP contribution in [0, 0.1) is 6.92 Å². The standard InChI is InChI=1S/C34H34ClN5O3/c1-22-9-12-25(13-10-22)32(41)39(18-6-17-36)30(34(43)38(2)3)31-37-29-20-27(35)15-16-28(29)33(42)40(31)21-23-11-14-24-7-4-5-8-26(24)19-23/h4-5,7-16,19-20,30H,6,17-18,21,36H2,1-3H3. The van der Waals surface area contributed by atoms with Gasteiger partial charge in [0.2, 0.25) is 0 Å². The lowest BCUT2D eigenvalue weighted by Crippen LogP contribution is -2.47. The summed E-state index contributed by atoms with van der Waals surface area (Å²) in [6.07, 6.45) is 0.448. The summed E-state index contributed by atoms with van der Waals surface area (Å²) in [6.45, 7) is 2.58. The summed E-state index contributed by atoms with van der Waals surface area (Å²) in [5, 5.41) is 2.87. The Morgan fingerprint density at radius 2 is 1.67 bits per heavy atom. The number of likely N-dealkylation sites (N-methyl/N-ethyl adjacent to an activating group) is 1. The van der Waals surface area contributed by atoms with E-state index in [1.165, 1.54) is 14.4 Å². The normalized spacial score (nSPS) is 11.9. The minimum Gasteiger partial charge on any atom is -0.347 e. The lowest BCUT2D eigenvalue weighted by molar-refractivity contribution is -0.134. The number of aromatic nitrogens is 2. The quantitative estimate of drug-likeness (QED) is 0.253. The number of amides is 2. The van der Waals surface area contributed by atoms with Crippen molar-refractivity contribution in [2.24, 2.45) is 5.73 Å². The van der Waals surface area contributed by atoms with E-state index in [9.17, 15) is 14.4 Å². The largest absolute Gasteiger partial charge is 0.347 e. The molecule has 0 fully saturated rings. The minimum absolute atomic E-state index is 0.144. The van der Waals surface area contributed by atoms with Crippen LogP contribution in [0.15, 0.2) is 89.7 Å². The highest BCUT2D eigenvalue weighted by Gasteiger charge is 2.36. The van der Waals surface area contributed by atoms with E-state index in [2.05, 4.69) is 0 Å². The second-order valence-corrected chi connectivity index (χ2v) is 11.3. The minimum atomic E-state index is -1.20. The van der Waals surface area contributed by atoms with Crippen molar-refractivity contribution in [1.29, 1.82) is 0 Å². The summed E-state index contributed by atoms with van der Waals surface area (Å²) >= 11 is 6.31. The number of hydrogen-bond acceptors (Lipinski definition) is 5. The fourth-order valence-electron chi connectivity index (χ4n) is 5.19. The summed E-state index contributed by atoms with van der Waals surface area (Å²) in [7, 11) is 3.24. The van der Waals surface area contributed by atoms with E-state index >= 15 is 0 Å². The summed E-state index contributed by atoms with van der Waals surface area (Å²) < 4.78 is 1.50. The molecule has 2 amide bonds. The lowest BCUT2D eigenvalue weighted by Gasteiger charge is -2.33. The van der Waals surface area contributed by atoms with Crippen LogP contribution in [0.1, 0.15) is 39.8 Å². The third-order valence-corrected chi connectivity index (χ3v) is 7.73. The Morgan fingerprint density at radius 1 is 0.953 bits per heavy atom. The molecule has 43 heavy (non-hydrogen) atoms. The summed E-state index contributed by atoms with van der Waals surface area (Å²) in [5.74, 6) is -0.589. The average molecular weight is 596 g/mol. The molecule has 0 spiro atoms. The Morgan fingerprint density at radius 3 is 2.37 bits per heavy atom. The van der Waals surface area contributed by atoms with E-state index in [4.69, 9.17) is 22.3 Å². The van der Waals surface area contributed by atoms with Gasteiger partial charge in [0.05, 0.1) is 17.4 Å². The average Bonchev–Trinajstić information content (AvgIpc) is 3.00. The summed E-state index contributed by atoms with van der Waals surface area (Å²) in [5.41, 5.74) is 8.18. The van der Waals surface area contributed by atoms with Crippen LogP contribution < -0.4 is 11.3 Å². The van der Waals surface area contributed by atoms with Gasteiger partial charge in [-0.2, -0.15) is 0 Å². The number of benzene rings is 4. The number of nitrogens with two attached hydrogens (primary N) is 1. The number of halogens is 1. The maximum absolute atomic E-state index is 14.2. The molecule has 0 aliphatic rings. The van der Waals surface area contributed by atoms with Crippen molar-refractivity contribution in [3.05, 3.63) is 123 Å². The number of rotatable bonds is 9. The fourth-order valence-corrected chi connectivity index (χ4v) is 5.36. The Kier molecular flexibility index (Phi) is 8.89. The van der Waals surface area contributed by atoms with Crippen molar-refractivity contribution in [3.8, 4) is 0 Å². The summed E-state index contributed by atoms with van der Waals surface area (Å²) in [6, 6.07) is 24.8. The molecule has 0 radical (unpaired) electrons. The van der Waals surface area contributed by atoms with Gasteiger partial charge in [-0.25, -0.2) is 4.98 Å². The molecule has 5 rings (SSSR count). The van der Waals surface area contributed by atoms with Crippen LogP contribution in [0.3, 0.4) is 0 Å². The molecule has 0 bridgehead atoms. The van der Waals surface area contributed by atoms with Gasteiger partial charge in [-0.15, -0.1) is 0 Å². The smallest absolute Gasteiger partial charge is 0.261 e. The van der Waals surface area contributed by atoms with Gasteiger partial charge in [0.1, 0.15) is 5.82 Å². The summed E-state index contributed by atoms with van der Waals surface area (Å²) in [4.78, 5) is 50.1. The molecule has 2 N–H and O–H groups in total. The zero-order valence-corrected chi connectivity index (χ0v) is 25.2. The molecular weight excluding hydrogens is 562 g/mol. The second kappa shape index (κ2) is 12.8. The monoisotopic (exact) mass is 595 g/mol. The Hall–Kier alpha value is -4.53. The first-order valence-electron chi connectivity index (χ1n) is 14.1. The molecule has 1 unspecified atom stereocenters. The number of carbonyl (C=O) groups excluding carboxylic acids is 2. The maximum Gasteiger partial charge on any atom is 0.261 e. The van der Waals surface area contributed by atoms with Gasteiger partial charge >= 0.3 is 0 Å². The Bertz CT molecular complexity index is 1870. The van der Waals surface area contributed by atoms with Crippen molar-refractivity contribution in [1.82, 2.24) is 19.4 Å². The van der Waals surface area contributed by atoms with Gasteiger partial charge in [-0.3, -0.25) is 19.0 Å². The van der Waals surface area contributed by atoms with Gasteiger partial charge in [0, 0.05) is 31.2 Å². The molecule has 1 aromatic heterocycles. The van der Waals surface area contributed by atoms with Gasteiger partial charge in [-0.1, -0.05) is 65.7 Å². The molecule has 0 aliphatic heterocycles. The van der Waals surface area contributed by atoms with Crippen molar-refractivity contribution in [2.75, 3.05) is 27.2 Å². The highest BCUT2D eigenvalue weighted by Crippen LogP contribution is 2.27. The zero-order chi connectivity index (χ0) is 30.7. The predicted octanol–water partition coefficient (Wildman–Crippen LogP) is 5.18. The first-order valence-corrected chi connectivity index (χ1v) is 14.5. The molecular formula is C34H34ClN5O3. The number of fused-ring (bicyclic) bond motifs is 2. The van der Waals surface area contributed by atoms with Crippen LogP contribution in [0.25, 0.3) is 21.7 Å². The van der Waals surface area contributed by atoms with Crippen molar-refractivity contribution >= 4 is 45.1 Å². The number of nitrogens with zero attached hydrogens (tertiary/aromatic N) is 4. The molecule has 9 heteroatoms. The number of aryl methyl sites for hydroxylation is 1. The SMILES string of the molecule is Cc1ccc(C(=O)N(CCCN)C(C(=O)N(C)C)c2nc3cc(Cl)ccc3c(=O)n2Cc2ccc3ccccc3c2)cc1. The van der Waals surface area contributed by atoms with Crippen LogP contribution in [0.2, 0.25) is 5.02 Å². The second-order valence-electron chi connectivity index (χ2n) is 10.8. The van der Waals surface area contributed by atoms with E-state index in [-0.39, 0.29) is 30.4 Å². The molecule has 1 atom stereocenters. The van der Waals surface area contributed by atoms with E-state index in [0.717, 1.165) is 21.9 Å². The Labute approximate surface area is 255 Å². The Balaban J connectivity index is 1.75. The molecule has 0 saturated carbocycles. The number of carbonyl (C=O) groups is 2. The highest BCUT2D eigenvalue weighted by atomic mass is 35.5. The van der Waals surface area contributed by atoms with Crippen molar-refractivity contribution in [2.45, 2.75) is 25.9 Å². The predicted molar refractivity (Wildman–Crippen MR) is 171 cm³/mol. The van der Waals surface area contributed by atoms with E-state index in [0.29, 0.717) is 34.5 Å². The lowest BCUT2D eigenvalue weighted by atomic mass is 10.1. The maximum atomic E-state index is 14.2. The molecule has 5 aromatic rings. The van der Waals surface area contributed by atoms with E-state index < -0.39 is 11.9 Å². The molecule has 220 valence electrons. The van der Waals surface area contributed by atoms with Gasteiger partial charge in [-0.05, 0) is 72.6 Å². The van der Waals surface area contributed by atoms with Crippen LogP contribution in [-0.2, 0) is 11.3 Å². The third kappa shape index (κ3) is 6.30. The zero-order valence-electron chi connectivity index (χ0n) is 24.5. The fraction of sp³-hybridized carbons (Fsp3) is 0.235. The van der Waals surface area contributed by atoms with Crippen molar-refractivity contribution < 1.29 is 9.59 Å². The molecule has 1 heterocycles. The van der Waals surface area contributed by atoms with Crippen LogP contribution in [0.5, 0.6) is 0 Å². The van der Waals surface area contributed by atoms with Crippen LogP contribution in [-0.4, -0.2) is 58.4 Å². The molecule has 4 aromatic carbocycles. The molecule has 8 nitrogen and oxygen atoms in total. The number of hydrogen-bond donors (Lipinski definition) is 1. The molecule has 0 saturated heterocycles. The van der Waals surface area contributed by atoms with Crippen LogP contribution >= 0.6 is 11.6 Å². The highest BCUT2D eigenvalue weighted by molar-refractivity contribution is 6.31. The third-order valence-electron chi connectivity index (χ3n) is 7.49.